The molecule has 0 saturated heterocycles. The Morgan fingerprint density at radius 2 is 1.91 bits per heavy atom. The molecule has 0 radical (unpaired) electrons. The molecule has 1 heterocycles. The van der Waals surface area contributed by atoms with E-state index in [9.17, 15) is 0 Å². The highest BCUT2D eigenvalue weighted by molar-refractivity contribution is 5.48. The summed E-state index contributed by atoms with van der Waals surface area (Å²) < 4.78 is 11.6. The van der Waals surface area contributed by atoms with Crippen LogP contribution < -0.4 is 14.4 Å². The largest absolute Gasteiger partial charge is 0.493 e. The van der Waals surface area contributed by atoms with Crippen LogP contribution in [0.5, 0.6) is 11.5 Å². The van der Waals surface area contributed by atoms with Crippen molar-refractivity contribution >= 4 is 0 Å². The summed E-state index contributed by atoms with van der Waals surface area (Å²) in [7, 11) is 3.96. The zero-order valence-corrected chi connectivity index (χ0v) is 13.6. The van der Waals surface area contributed by atoms with Crippen LogP contribution in [0.3, 0.4) is 0 Å². The SMILES string of the molecule is COc1cc2c(cc1OCc1ccccc1)[C@@H](C)[NH+](C)CC2. The summed E-state index contributed by atoms with van der Waals surface area (Å²) in [5, 5.41) is 0. The van der Waals surface area contributed by atoms with Crippen LogP contribution in [0.15, 0.2) is 42.5 Å². The van der Waals surface area contributed by atoms with E-state index >= 15 is 0 Å². The van der Waals surface area contributed by atoms with Crippen LogP contribution >= 0.6 is 0 Å². The number of benzene rings is 2. The highest BCUT2D eigenvalue weighted by Crippen LogP contribution is 2.34. The fourth-order valence-corrected chi connectivity index (χ4v) is 3.06. The highest BCUT2D eigenvalue weighted by Gasteiger charge is 2.26. The number of ether oxygens (including phenoxy) is 2. The molecule has 0 bridgehead atoms. The molecular formula is C19H24NO2+. The maximum atomic E-state index is 6.03. The standard InChI is InChI=1S/C19H23NO2/c1-14-17-12-19(22-13-15-7-5-4-6-8-15)18(21-3)11-16(17)9-10-20(14)2/h4-8,11-12,14H,9-10,13H2,1-3H3/p+1/t14-/m1/s1. The number of methoxy groups -OCH3 is 1. The molecule has 1 unspecified atom stereocenters. The molecule has 0 saturated carbocycles. The monoisotopic (exact) mass is 298 g/mol. The minimum absolute atomic E-state index is 0.494. The van der Waals surface area contributed by atoms with Crippen molar-refractivity contribution < 1.29 is 14.4 Å². The third-order valence-electron chi connectivity index (χ3n) is 4.66. The van der Waals surface area contributed by atoms with E-state index in [1.807, 2.05) is 18.2 Å². The van der Waals surface area contributed by atoms with Crippen molar-refractivity contribution in [1.29, 1.82) is 0 Å². The molecule has 116 valence electrons. The maximum Gasteiger partial charge on any atom is 0.162 e. The van der Waals surface area contributed by atoms with Gasteiger partial charge in [-0.25, -0.2) is 0 Å². The zero-order chi connectivity index (χ0) is 15.5. The van der Waals surface area contributed by atoms with Crippen LogP contribution in [0, 0.1) is 0 Å². The summed E-state index contributed by atoms with van der Waals surface area (Å²) in [6.45, 7) is 4.01. The van der Waals surface area contributed by atoms with E-state index in [-0.39, 0.29) is 0 Å². The van der Waals surface area contributed by atoms with Gasteiger partial charge in [0, 0.05) is 12.0 Å². The molecule has 3 heteroatoms. The second kappa shape index (κ2) is 6.41. The molecule has 3 nitrogen and oxygen atoms in total. The van der Waals surface area contributed by atoms with E-state index in [0.29, 0.717) is 12.6 Å². The van der Waals surface area contributed by atoms with Crippen molar-refractivity contribution in [2.24, 2.45) is 0 Å². The lowest BCUT2D eigenvalue weighted by atomic mass is 9.93. The quantitative estimate of drug-likeness (QED) is 0.937. The number of rotatable bonds is 4. The minimum atomic E-state index is 0.494. The minimum Gasteiger partial charge on any atom is -0.493 e. The molecule has 0 amide bonds. The molecule has 0 aromatic heterocycles. The second-order valence-corrected chi connectivity index (χ2v) is 6.04. The lowest BCUT2D eigenvalue weighted by Crippen LogP contribution is -3.10. The molecular weight excluding hydrogens is 274 g/mol. The predicted octanol–water partition coefficient (Wildman–Crippen LogP) is 2.41. The first-order valence-corrected chi connectivity index (χ1v) is 7.89. The van der Waals surface area contributed by atoms with Gasteiger partial charge in [0.2, 0.25) is 0 Å². The van der Waals surface area contributed by atoms with Gasteiger partial charge in [0.1, 0.15) is 12.6 Å². The number of fused-ring (bicyclic) bond motifs is 1. The average molecular weight is 298 g/mol. The van der Waals surface area contributed by atoms with Gasteiger partial charge < -0.3 is 14.4 Å². The molecule has 2 atom stereocenters. The molecule has 3 rings (SSSR count). The third-order valence-corrected chi connectivity index (χ3v) is 4.66. The van der Waals surface area contributed by atoms with Gasteiger partial charge in [-0.3, -0.25) is 0 Å². The van der Waals surface area contributed by atoms with Crippen LogP contribution in [-0.2, 0) is 13.0 Å². The van der Waals surface area contributed by atoms with Crippen molar-refractivity contribution in [3.05, 3.63) is 59.2 Å². The van der Waals surface area contributed by atoms with Crippen molar-refractivity contribution in [2.75, 3.05) is 20.7 Å². The maximum absolute atomic E-state index is 6.03. The first-order valence-electron chi connectivity index (χ1n) is 7.89. The van der Waals surface area contributed by atoms with Gasteiger partial charge in [0.05, 0.1) is 20.7 Å². The molecule has 1 aliphatic rings. The van der Waals surface area contributed by atoms with Crippen LogP contribution in [-0.4, -0.2) is 20.7 Å². The van der Waals surface area contributed by atoms with Crippen molar-refractivity contribution in [3.63, 3.8) is 0 Å². The third kappa shape index (κ3) is 2.95. The summed E-state index contributed by atoms with van der Waals surface area (Å²) in [6.07, 6.45) is 1.10. The molecule has 0 spiro atoms. The molecule has 2 aromatic carbocycles. The second-order valence-electron chi connectivity index (χ2n) is 6.04. The van der Waals surface area contributed by atoms with Gasteiger partial charge in [0.25, 0.3) is 0 Å². The summed E-state index contributed by atoms with van der Waals surface area (Å²) in [5.41, 5.74) is 3.94. The summed E-state index contributed by atoms with van der Waals surface area (Å²) in [4.78, 5) is 1.55. The van der Waals surface area contributed by atoms with Gasteiger partial charge in [0.15, 0.2) is 11.5 Å². The van der Waals surface area contributed by atoms with E-state index in [2.05, 4.69) is 38.2 Å². The fraction of sp³-hybridized carbons (Fsp3) is 0.368. The number of likely N-dealkylation sites (N-methyl/N-ethyl adjacent to an activating group) is 1. The molecule has 1 aliphatic heterocycles. The summed E-state index contributed by atoms with van der Waals surface area (Å²) in [6, 6.07) is 15.0. The Hall–Kier alpha value is -2.00. The Morgan fingerprint density at radius 3 is 2.64 bits per heavy atom. The molecule has 1 N–H and O–H groups in total. The van der Waals surface area contributed by atoms with E-state index in [1.165, 1.54) is 17.7 Å². The number of hydrogen-bond donors (Lipinski definition) is 1. The van der Waals surface area contributed by atoms with Crippen molar-refractivity contribution in [1.82, 2.24) is 0 Å². The van der Waals surface area contributed by atoms with Crippen molar-refractivity contribution in [3.8, 4) is 11.5 Å². The average Bonchev–Trinajstić information content (AvgIpc) is 2.57. The van der Waals surface area contributed by atoms with Gasteiger partial charge in [-0.1, -0.05) is 30.3 Å². The highest BCUT2D eigenvalue weighted by atomic mass is 16.5. The number of quaternary nitrogens is 1. The Morgan fingerprint density at radius 1 is 1.14 bits per heavy atom. The van der Waals surface area contributed by atoms with Crippen molar-refractivity contribution in [2.45, 2.75) is 26.0 Å². The molecule has 22 heavy (non-hydrogen) atoms. The van der Waals surface area contributed by atoms with Crippen LogP contribution in [0.1, 0.15) is 29.7 Å². The van der Waals surface area contributed by atoms with E-state index in [1.54, 1.807) is 12.0 Å². The topological polar surface area (TPSA) is 22.9 Å². The zero-order valence-electron chi connectivity index (χ0n) is 13.6. The van der Waals surface area contributed by atoms with Crippen LogP contribution in [0.25, 0.3) is 0 Å². The van der Waals surface area contributed by atoms with E-state index in [4.69, 9.17) is 9.47 Å². The number of hydrogen-bond acceptors (Lipinski definition) is 2. The Balaban J connectivity index is 1.86. The lowest BCUT2D eigenvalue weighted by Gasteiger charge is -2.30. The normalized spacial score (nSPS) is 20.3. The summed E-state index contributed by atoms with van der Waals surface area (Å²) >= 11 is 0. The Labute approximate surface area is 132 Å². The molecule has 0 aliphatic carbocycles. The van der Waals surface area contributed by atoms with Crippen LogP contribution in [0.2, 0.25) is 0 Å². The summed E-state index contributed by atoms with van der Waals surface area (Å²) in [5.74, 6) is 1.67. The predicted molar refractivity (Wildman–Crippen MR) is 87.6 cm³/mol. The first kappa shape index (κ1) is 14.9. The van der Waals surface area contributed by atoms with Gasteiger partial charge >= 0.3 is 0 Å². The van der Waals surface area contributed by atoms with Crippen LogP contribution in [0.4, 0.5) is 0 Å². The number of nitrogens with one attached hydrogen (secondary N) is 1. The fourth-order valence-electron chi connectivity index (χ4n) is 3.06. The molecule has 0 fully saturated rings. The molecule has 2 aromatic rings. The lowest BCUT2D eigenvalue weighted by molar-refractivity contribution is -0.912. The Bertz CT molecular complexity index is 639. The van der Waals surface area contributed by atoms with E-state index in [0.717, 1.165) is 23.5 Å². The van der Waals surface area contributed by atoms with E-state index < -0.39 is 0 Å². The van der Waals surface area contributed by atoms with Gasteiger partial charge in [-0.2, -0.15) is 0 Å². The van der Waals surface area contributed by atoms with Gasteiger partial charge in [-0.05, 0) is 30.2 Å². The first-order chi connectivity index (χ1) is 10.7. The van der Waals surface area contributed by atoms with Gasteiger partial charge in [-0.15, -0.1) is 0 Å². The Kier molecular flexibility index (Phi) is 4.34. The smallest absolute Gasteiger partial charge is 0.162 e.